The Morgan fingerprint density at radius 2 is 1.93 bits per heavy atom. The van der Waals surface area contributed by atoms with E-state index in [0.29, 0.717) is 6.54 Å². The number of ether oxygens (including phenoxy) is 1. The van der Waals surface area contributed by atoms with Gasteiger partial charge in [0.15, 0.2) is 6.61 Å². The number of amides is 1. The predicted octanol–water partition coefficient (Wildman–Crippen LogP) is 3.43. The number of para-hydroxylation sites is 1. The number of benzene rings is 2. The van der Waals surface area contributed by atoms with Crippen LogP contribution in [0.4, 0.5) is 10.1 Å². The summed E-state index contributed by atoms with van der Waals surface area (Å²) in [5.74, 6) is -0.840. The Kier molecular flexibility index (Phi) is 7.18. The molecular weight excluding hydrogens is 395 g/mol. The van der Waals surface area contributed by atoms with Crippen LogP contribution in [-0.2, 0) is 14.8 Å². The summed E-state index contributed by atoms with van der Waals surface area (Å²) >= 11 is 6.06. The maximum atomic E-state index is 13.5. The quantitative estimate of drug-likeness (QED) is 0.693. The van der Waals surface area contributed by atoms with Crippen molar-refractivity contribution >= 4 is 33.2 Å². The lowest BCUT2D eigenvalue weighted by molar-refractivity contribution is -0.118. The highest BCUT2D eigenvalue weighted by atomic mass is 35.5. The average molecular weight is 415 g/mol. The van der Waals surface area contributed by atoms with Gasteiger partial charge in [-0.25, -0.2) is 17.5 Å². The highest BCUT2D eigenvalue weighted by Crippen LogP contribution is 2.27. The largest absolute Gasteiger partial charge is 0.482 e. The minimum atomic E-state index is -3.68. The van der Waals surface area contributed by atoms with Gasteiger partial charge in [0.25, 0.3) is 5.91 Å². The summed E-state index contributed by atoms with van der Waals surface area (Å²) in [5.41, 5.74) is 0.0369. The molecule has 146 valence electrons. The smallest absolute Gasteiger partial charge is 0.262 e. The molecule has 2 aromatic carbocycles. The van der Waals surface area contributed by atoms with Crippen LogP contribution in [0.1, 0.15) is 13.8 Å². The molecule has 9 heteroatoms. The molecule has 27 heavy (non-hydrogen) atoms. The van der Waals surface area contributed by atoms with Gasteiger partial charge in [-0.15, -0.1) is 0 Å². The molecule has 0 fully saturated rings. The summed E-state index contributed by atoms with van der Waals surface area (Å²) in [6.45, 7) is 3.66. The van der Waals surface area contributed by atoms with E-state index in [1.165, 1.54) is 36.4 Å². The van der Waals surface area contributed by atoms with Crippen LogP contribution in [0, 0.1) is 11.7 Å². The first-order valence-corrected chi connectivity index (χ1v) is 10.0. The highest BCUT2D eigenvalue weighted by molar-refractivity contribution is 7.89. The SMILES string of the molecule is CC(C)CNS(=O)(=O)c1ccc(OCC(=O)Nc2ccccc2F)c(Cl)c1. The van der Waals surface area contributed by atoms with Gasteiger partial charge in [0.05, 0.1) is 15.6 Å². The molecule has 2 rings (SSSR count). The number of sulfonamides is 1. The number of nitrogens with one attached hydrogen (secondary N) is 2. The summed E-state index contributed by atoms with van der Waals surface area (Å²) in [6, 6.07) is 9.68. The summed E-state index contributed by atoms with van der Waals surface area (Å²) < 4.78 is 45.7. The lowest BCUT2D eigenvalue weighted by Gasteiger charge is -2.12. The van der Waals surface area contributed by atoms with Crippen molar-refractivity contribution in [2.24, 2.45) is 5.92 Å². The van der Waals surface area contributed by atoms with Crippen LogP contribution in [0.3, 0.4) is 0 Å². The molecule has 0 atom stereocenters. The van der Waals surface area contributed by atoms with Gasteiger partial charge in [-0.1, -0.05) is 37.6 Å². The van der Waals surface area contributed by atoms with Gasteiger partial charge in [0.1, 0.15) is 11.6 Å². The zero-order valence-electron chi connectivity index (χ0n) is 14.8. The first-order valence-electron chi connectivity index (χ1n) is 8.15. The van der Waals surface area contributed by atoms with Gasteiger partial charge in [-0.05, 0) is 36.2 Å². The van der Waals surface area contributed by atoms with E-state index in [9.17, 15) is 17.6 Å². The van der Waals surface area contributed by atoms with Gasteiger partial charge >= 0.3 is 0 Å². The lowest BCUT2D eigenvalue weighted by Crippen LogP contribution is -2.27. The van der Waals surface area contributed by atoms with Crippen molar-refractivity contribution in [1.82, 2.24) is 4.72 Å². The minimum Gasteiger partial charge on any atom is -0.482 e. The lowest BCUT2D eigenvalue weighted by atomic mass is 10.2. The van der Waals surface area contributed by atoms with Crippen molar-refractivity contribution in [3.05, 3.63) is 53.3 Å². The van der Waals surface area contributed by atoms with Crippen LogP contribution in [0.15, 0.2) is 47.4 Å². The summed E-state index contributed by atoms with van der Waals surface area (Å²) in [5, 5.41) is 2.42. The fraction of sp³-hybridized carbons (Fsp3) is 0.278. The van der Waals surface area contributed by atoms with E-state index >= 15 is 0 Å². The van der Waals surface area contributed by atoms with Gasteiger partial charge in [0.2, 0.25) is 10.0 Å². The van der Waals surface area contributed by atoms with Crippen molar-refractivity contribution in [2.45, 2.75) is 18.7 Å². The molecule has 0 unspecified atom stereocenters. The van der Waals surface area contributed by atoms with Crippen LogP contribution in [0.5, 0.6) is 5.75 Å². The Labute approximate surface area is 162 Å². The molecule has 0 aliphatic heterocycles. The third-order valence-electron chi connectivity index (χ3n) is 3.40. The van der Waals surface area contributed by atoms with Crippen LogP contribution in [-0.4, -0.2) is 27.5 Å². The topological polar surface area (TPSA) is 84.5 Å². The molecule has 0 aromatic heterocycles. The Hall–Kier alpha value is -2.16. The van der Waals surface area contributed by atoms with Gasteiger partial charge in [0, 0.05) is 6.54 Å². The molecule has 6 nitrogen and oxygen atoms in total. The fourth-order valence-electron chi connectivity index (χ4n) is 2.02. The van der Waals surface area contributed by atoms with E-state index in [-0.39, 0.29) is 27.3 Å². The van der Waals surface area contributed by atoms with Crippen LogP contribution >= 0.6 is 11.6 Å². The first-order chi connectivity index (χ1) is 12.7. The van der Waals surface area contributed by atoms with Crippen LogP contribution < -0.4 is 14.8 Å². The molecular formula is C18H20ClFN2O4S. The number of halogens is 2. The van der Waals surface area contributed by atoms with Gasteiger partial charge in [-0.2, -0.15) is 0 Å². The van der Waals surface area contributed by atoms with Crippen molar-refractivity contribution in [2.75, 3.05) is 18.5 Å². The number of carbonyl (C=O) groups is 1. The summed E-state index contributed by atoms with van der Waals surface area (Å²) in [7, 11) is -3.68. The zero-order chi connectivity index (χ0) is 20.0. The second kappa shape index (κ2) is 9.16. The van der Waals surface area contributed by atoms with Gasteiger partial charge in [-0.3, -0.25) is 4.79 Å². The first kappa shape index (κ1) is 21.1. The Morgan fingerprint density at radius 1 is 1.22 bits per heavy atom. The van der Waals surface area contributed by atoms with E-state index in [1.54, 1.807) is 6.07 Å². The Bertz CT molecular complexity index is 919. The maximum absolute atomic E-state index is 13.5. The van der Waals surface area contributed by atoms with Crippen molar-refractivity contribution in [1.29, 1.82) is 0 Å². The monoisotopic (exact) mass is 414 g/mol. The molecule has 0 saturated carbocycles. The third-order valence-corrected chi connectivity index (χ3v) is 5.12. The predicted molar refractivity (Wildman–Crippen MR) is 102 cm³/mol. The van der Waals surface area contributed by atoms with E-state index in [0.717, 1.165) is 0 Å². The molecule has 2 N–H and O–H groups in total. The van der Waals surface area contributed by atoms with Crippen LogP contribution in [0.25, 0.3) is 0 Å². The second-order valence-corrected chi connectivity index (χ2v) is 8.33. The minimum absolute atomic E-state index is 0.00342. The van der Waals surface area contributed by atoms with Gasteiger partial charge < -0.3 is 10.1 Å². The number of carbonyl (C=O) groups excluding carboxylic acids is 1. The molecule has 2 aromatic rings. The zero-order valence-corrected chi connectivity index (χ0v) is 16.4. The van der Waals surface area contributed by atoms with Crippen LogP contribution in [0.2, 0.25) is 5.02 Å². The summed E-state index contributed by atoms with van der Waals surface area (Å²) in [6.07, 6.45) is 0. The van der Waals surface area contributed by atoms with Crippen molar-refractivity contribution in [3.63, 3.8) is 0 Å². The molecule has 0 bridgehead atoms. The molecule has 0 aliphatic carbocycles. The number of hydrogen-bond donors (Lipinski definition) is 2. The molecule has 0 heterocycles. The second-order valence-electron chi connectivity index (χ2n) is 6.15. The average Bonchev–Trinajstić information content (AvgIpc) is 2.61. The normalized spacial score (nSPS) is 11.4. The third kappa shape index (κ3) is 6.20. The molecule has 0 spiro atoms. The van der Waals surface area contributed by atoms with Crippen molar-refractivity contribution in [3.8, 4) is 5.75 Å². The van der Waals surface area contributed by atoms with E-state index in [1.807, 2.05) is 13.8 Å². The number of rotatable bonds is 8. The Morgan fingerprint density at radius 3 is 2.56 bits per heavy atom. The highest BCUT2D eigenvalue weighted by Gasteiger charge is 2.17. The van der Waals surface area contributed by atoms with E-state index in [2.05, 4.69) is 10.0 Å². The summed E-state index contributed by atoms with van der Waals surface area (Å²) in [4.78, 5) is 11.9. The standard InChI is InChI=1S/C18H20ClFN2O4S/c1-12(2)10-21-27(24,25)13-7-8-17(14(19)9-13)26-11-18(23)22-16-6-4-3-5-15(16)20/h3-9,12,21H,10-11H2,1-2H3,(H,22,23). The maximum Gasteiger partial charge on any atom is 0.262 e. The molecule has 0 aliphatic rings. The Balaban J connectivity index is 2.00. The fourth-order valence-corrected chi connectivity index (χ4v) is 3.56. The number of anilines is 1. The molecule has 0 saturated heterocycles. The van der Waals surface area contributed by atoms with Crippen molar-refractivity contribution < 1.29 is 22.3 Å². The number of hydrogen-bond acceptors (Lipinski definition) is 4. The molecule has 0 radical (unpaired) electrons. The van der Waals surface area contributed by atoms with E-state index < -0.39 is 28.4 Å². The van der Waals surface area contributed by atoms with E-state index in [4.69, 9.17) is 16.3 Å². The molecule has 1 amide bonds.